The predicted molar refractivity (Wildman–Crippen MR) is 116 cm³/mol. The maximum Gasteiger partial charge on any atom is 0.265 e. The molecule has 1 aliphatic rings. The van der Waals surface area contributed by atoms with Crippen LogP contribution in [0.2, 0.25) is 0 Å². The van der Waals surface area contributed by atoms with Gasteiger partial charge in [0.05, 0.1) is 18.5 Å². The fourth-order valence-corrected chi connectivity index (χ4v) is 3.42. The second-order valence-corrected chi connectivity index (χ2v) is 7.50. The Labute approximate surface area is 193 Å². The van der Waals surface area contributed by atoms with Crippen LogP contribution in [0, 0.1) is 11.6 Å². The van der Waals surface area contributed by atoms with Crippen LogP contribution in [0.15, 0.2) is 59.2 Å². The third-order valence-electron chi connectivity index (χ3n) is 5.20. The number of amides is 2. The predicted octanol–water partition coefficient (Wildman–Crippen LogP) is 3.25. The first-order chi connectivity index (χ1) is 16.3. The number of anilines is 1. The monoisotopic (exact) mass is 470 g/mol. The zero-order chi connectivity index (χ0) is 24.2. The number of rotatable bonds is 8. The summed E-state index contributed by atoms with van der Waals surface area (Å²) in [4.78, 5) is 39.2. The number of ether oxygens (including phenoxy) is 2. The van der Waals surface area contributed by atoms with Gasteiger partial charge in [-0.2, -0.15) is 0 Å². The van der Waals surface area contributed by atoms with Crippen LogP contribution in [-0.2, 0) is 16.1 Å². The van der Waals surface area contributed by atoms with Gasteiger partial charge >= 0.3 is 0 Å². The van der Waals surface area contributed by atoms with E-state index < -0.39 is 41.9 Å². The molecular weight excluding hydrogens is 450 g/mol. The van der Waals surface area contributed by atoms with Crippen molar-refractivity contribution in [1.29, 1.82) is 0 Å². The normalized spacial score (nSPS) is 13.6. The van der Waals surface area contributed by atoms with Crippen molar-refractivity contribution in [3.05, 3.63) is 77.8 Å². The van der Waals surface area contributed by atoms with Crippen molar-refractivity contribution >= 4 is 23.3 Å². The lowest BCUT2D eigenvalue weighted by molar-refractivity contribution is -0.127. The van der Waals surface area contributed by atoms with E-state index in [0.29, 0.717) is 11.5 Å². The minimum absolute atomic E-state index is 0.00722. The Kier molecular flexibility index (Phi) is 6.58. The number of ketones is 1. The van der Waals surface area contributed by atoms with Gasteiger partial charge in [-0.15, -0.1) is 0 Å². The summed E-state index contributed by atoms with van der Waals surface area (Å²) in [6, 6.07) is 9.89. The Morgan fingerprint density at radius 1 is 1.15 bits per heavy atom. The Hall–Kier alpha value is -4.21. The second-order valence-electron chi connectivity index (χ2n) is 7.50. The SMILES string of the molecule is C[C@@H](C(=O)NCc1ccco1)N1C(=O)COc2ccc(C(=O)COc3ccc(F)c(F)c3)cc21. The van der Waals surface area contributed by atoms with Crippen molar-refractivity contribution in [3.8, 4) is 11.5 Å². The number of hydrogen-bond acceptors (Lipinski definition) is 6. The van der Waals surface area contributed by atoms with Gasteiger partial charge in [-0.05, 0) is 49.4 Å². The first-order valence-electron chi connectivity index (χ1n) is 10.3. The lowest BCUT2D eigenvalue weighted by Crippen LogP contribution is -2.51. The number of nitrogens with one attached hydrogen (secondary N) is 1. The van der Waals surface area contributed by atoms with Crippen LogP contribution in [0.25, 0.3) is 0 Å². The number of benzene rings is 2. The minimum atomic E-state index is -1.09. The van der Waals surface area contributed by atoms with E-state index in [4.69, 9.17) is 13.9 Å². The second kappa shape index (κ2) is 9.74. The lowest BCUT2D eigenvalue weighted by Gasteiger charge is -2.33. The fourth-order valence-electron chi connectivity index (χ4n) is 3.42. The average Bonchev–Trinajstić information content (AvgIpc) is 3.36. The van der Waals surface area contributed by atoms with Crippen molar-refractivity contribution in [2.24, 2.45) is 0 Å². The van der Waals surface area contributed by atoms with Crippen molar-refractivity contribution in [2.75, 3.05) is 18.1 Å². The number of hydrogen-bond donors (Lipinski definition) is 1. The van der Waals surface area contributed by atoms with Gasteiger partial charge in [-0.25, -0.2) is 8.78 Å². The van der Waals surface area contributed by atoms with Gasteiger partial charge < -0.3 is 19.2 Å². The van der Waals surface area contributed by atoms with Crippen molar-refractivity contribution in [2.45, 2.75) is 19.5 Å². The molecule has 8 nitrogen and oxygen atoms in total. The Morgan fingerprint density at radius 2 is 1.97 bits per heavy atom. The molecule has 1 N–H and O–H groups in total. The standard InChI is InChI=1S/C24H20F2N2O6/c1-14(24(31)27-11-17-3-2-8-32-17)28-20-9-15(4-7-22(20)34-13-23(28)30)21(29)12-33-16-5-6-18(25)19(26)10-16/h2-10,14H,11-13H2,1H3,(H,27,31)/t14-/m0/s1. The molecular formula is C24H20F2N2O6. The molecule has 0 bridgehead atoms. The lowest BCUT2D eigenvalue weighted by atomic mass is 10.1. The highest BCUT2D eigenvalue weighted by atomic mass is 19.2. The highest BCUT2D eigenvalue weighted by Gasteiger charge is 2.33. The summed E-state index contributed by atoms with van der Waals surface area (Å²) >= 11 is 0. The summed E-state index contributed by atoms with van der Waals surface area (Å²) in [5.74, 6) is -2.57. The third-order valence-corrected chi connectivity index (χ3v) is 5.20. The van der Waals surface area contributed by atoms with Crippen LogP contribution in [0.1, 0.15) is 23.0 Å². The molecule has 0 saturated carbocycles. The summed E-state index contributed by atoms with van der Waals surface area (Å²) in [5.41, 5.74) is 0.448. The van der Waals surface area contributed by atoms with Crippen LogP contribution < -0.4 is 19.7 Å². The van der Waals surface area contributed by atoms with Crippen LogP contribution in [0.4, 0.5) is 14.5 Å². The molecule has 1 aliphatic heterocycles. The van der Waals surface area contributed by atoms with E-state index in [0.717, 1.165) is 12.1 Å². The largest absolute Gasteiger partial charge is 0.485 e. The molecule has 10 heteroatoms. The highest BCUT2D eigenvalue weighted by Crippen LogP contribution is 2.34. The van der Waals surface area contributed by atoms with E-state index in [1.165, 1.54) is 35.4 Å². The fraction of sp³-hybridized carbons (Fsp3) is 0.208. The smallest absolute Gasteiger partial charge is 0.265 e. The van der Waals surface area contributed by atoms with Gasteiger partial charge in [0.1, 0.15) is 23.3 Å². The molecule has 0 radical (unpaired) electrons. The van der Waals surface area contributed by atoms with Gasteiger partial charge in [-0.3, -0.25) is 19.3 Å². The Balaban J connectivity index is 1.49. The summed E-state index contributed by atoms with van der Waals surface area (Å²) in [5, 5.41) is 2.71. The first-order valence-corrected chi connectivity index (χ1v) is 10.3. The highest BCUT2D eigenvalue weighted by molar-refractivity contribution is 6.05. The maximum atomic E-state index is 13.3. The zero-order valence-corrected chi connectivity index (χ0v) is 18.0. The third kappa shape index (κ3) is 4.90. The Morgan fingerprint density at radius 3 is 2.71 bits per heavy atom. The number of carbonyl (C=O) groups excluding carboxylic acids is 3. The topological polar surface area (TPSA) is 98.1 Å². The van der Waals surface area contributed by atoms with Crippen LogP contribution >= 0.6 is 0 Å². The summed E-state index contributed by atoms with van der Waals surface area (Å²) in [6.07, 6.45) is 1.49. The quantitative estimate of drug-likeness (QED) is 0.508. The molecule has 0 fully saturated rings. The minimum Gasteiger partial charge on any atom is -0.485 e. The molecule has 4 rings (SSSR count). The molecule has 1 aromatic heterocycles. The first kappa shape index (κ1) is 23.0. The van der Waals surface area contributed by atoms with E-state index in [1.54, 1.807) is 19.1 Å². The van der Waals surface area contributed by atoms with Gasteiger partial charge in [0.15, 0.2) is 30.6 Å². The van der Waals surface area contributed by atoms with Crippen LogP contribution in [0.5, 0.6) is 11.5 Å². The molecule has 0 saturated heterocycles. The number of carbonyl (C=O) groups is 3. The summed E-state index contributed by atoms with van der Waals surface area (Å²) in [7, 11) is 0. The molecule has 2 aromatic carbocycles. The summed E-state index contributed by atoms with van der Waals surface area (Å²) < 4.78 is 42.3. The number of halogens is 2. The summed E-state index contributed by atoms with van der Waals surface area (Å²) in [6.45, 7) is 1.01. The average molecular weight is 470 g/mol. The van der Waals surface area contributed by atoms with Crippen LogP contribution in [0.3, 0.4) is 0 Å². The van der Waals surface area contributed by atoms with Gasteiger partial charge in [0.25, 0.3) is 5.91 Å². The van der Waals surface area contributed by atoms with E-state index >= 15 is 0 Å². The molecule has 1 atom stereocenters. The van der Waals surface area contributed by atoms with Gasteiger partial charge in [-0.1, -0.05) is 0 Å². The Bertz CT molecular complexity index is 1230. The van der Waals surface area contributed by atoms with Crippen LogP contribution in [-0.4, -0.2) is 36.9 Å². The van der Waals surface area contributed by atoms with Crippen molar-refractivity contribution in [1.82, 2.24) is 5.32 Å². The van der Waals surface area contributed by atoms with E-state index in [2.05, 4.69) is 5.32 Å². The van der Waals surface area contributed by atoms with E-state index in [1.807, 2.05) is 0 Å². The molecule has 2 heterocycles. The molecule has 0 aliphatic carbocycles. The molecule has 0 unspecified atom stereocenters. The van der Waals surface area contributed by atoms with Crippen molar-refractivity contribution in [3.63, 3.8) is 0 Å². The molecule has 34 heavy (non-hydrogen) atoms. The molecule has 176 valence electrons. The number of furan rings is 1. The van der Waals surface area contributed by atoms with Crippen molar-refractivity contribution < 1.29 is 37.1 Å². The van der Waals surface area contributed by atoms with E-state index in [9.17, 15) is 23.2 Å². The van der Waals surface area contributed by atoms with Gasteiger partial charge in [0.2, 0.25) is 5.91 Å². The molecule has 2 amide bonds. The molecule has 3 aromatic rings. The maximum absolute atomic E-state index is 13.3. The molecule has 0 spiro atoms. The number of Topliss-reactive ketones (excluding diaryl/α,β-unsaturated/α-hetero) is 1. The zero-order valence-electron chi connectivity index (χ0n) is 18.0. The number of fused-ring (bicyclic) bond motifs is 1. The number of nitrogens with zero attached hydrogens (tertiary/aromatic N) is 1. The van der Waals surface area contributed by atoms with E-state index in [-0.39, 0.29) is 30.2 Å². The van der Waals surface area contributed by atoms with Gasteiger partial charge in [0, 0.05) is 11.6 Å².